The van der Waals surface area contributed by atoms with Gasteiger partial charge in [0.2, 0.25) is 0 Å². The molecule has 0 amide bonds. The molecule has 0 aromatic heterocycles. The van der Waals surface area contributed by atoms with E-state index in [1.807, 2.05) is 12.1 Å². The van der Waals surface area contributed by atoms with Gasteiger partial charge in [0.05, 0.1) is 12.8 Å². The maximum absolute atomic E-state index is 5.85. The summed E-state index contributed by atoms with van der Waals surface area (Å²) in [5, 5.41) is 3.44. The maximum Gasteiger partial charge on any atom is 0.146 e. The minimum Gasteiger partial charge on any atom is -0.494 e. The molecule has 2 rings (SSSR count). The molecule has 0 saturated carbocycles. The van der Waals surface area contributed by atoms with Gasteiger partial charge in [-0.05, 0) is 25.5 Å². The molecule has 0 aliphatic carbocycles. The van der Waals surface area contributed by atoms with E-state index in [0.29, 0.717) is 6.04 Å². The van der Waals surface area contributed by atoms with Crippen molar-refractivity contribution in [1.29, 1.82) is 0 Å². The van der Waals surface area contributed by atoms with E-state index in [-0.39, 0.29) is 0 Å². The van der Waals surface area contributed by atoms with Crippen LogP contribution < -0.4 is 15.8 Å². The summed E-state index contributed by atoms with van der Waals surface area (Å²) in [6.45, 7) is 1.09. The highest BCUT2D eigenvalue weighted by Gasteiger charge is 2.20. The summed E-state index contributed by atoms with van der Waals surface area (Å²) in [6, 6.07) is 6.34. The van der Waals surface area contributed by atoms with E-state index in [9.17, 15) is 0 Å². The number of anilines is 1. The topological polar surface area (TPSA) is 47.3 Å². The van der Waals surface area contributed by atoms with Crippen LogP contribution in [-0.2, 0) is 0 Å². The molecule has 76 valence electrons. The summed E-state index contributed by atoms with van der Waals surface area (Å²) in [5.74, 6) is 0.826. The van der Waals surface area contributed by atoms with Crippen molar-refractivity contribution in [2.24, 2.45) is 0 Å². The van der Waals surface area contributed by atoms with Gasteiger partial charge in [-0.15, -0.1) is 0 Å². The van der Waals surface area contributed by atoms with E-state index in [2.05, 4.69) is 11.4 Å². The fourth-order valence-electron chi connectivity index (χ4n) is 2.03. The average Bonchev–Trinajstić information content (AvgIpc) is 2.70. The Balaban J connectivity index is 2.35. The molecule has 3 heteroatoms. The summed E-state index contributed by atoms with van der Waals surface area (Å²) in [6.07, 6.45) is 2.39. The lowest BCUT2D eigenvalue weighted by molar-refractivity contribution is 0.405. The van der Waals surface area contributed by atoms with E-state index in [1.165, 1.54) is 18.4 Å². The molecule has 1 atom stereocenters. The Labute approximate surface area is 84.3 Å². The van der Waals surface area contributed by atoms with Crippen LogP contribution in [-0.4, -0.2) is 13.7 Å². The highest BCUT2D eigenvalue weighted by Crippen LogP contribution is 2.34. The fraction of sp³-hybridized carbons (Fsp3) is 0.455. The van der Waals surface area contributed by atoms with Gasteiger partial charge in [0.15, 0.2) is 0 Å². The lowest BCUT2D eigenvalue weighted by Crippen LogP contribution is -2.14. The number of nitrogens with one attached hydrogen (secondary N) is 1. The van der Waals surface area contributed by atoms with E-state index in [4.69, 9.17) is 10.5 Å². The highest BCUT2D eigenvalue weighted by atomic mass is 16.5. The Morgan fingerprint density at radius 1 is 1.50 bits per heavy atom. The predicted octanol–water partition coefficient (Wildman–Crippen LogP) is 1.70. The standard InChI is InChI=1S/C11H16N2O/c1-14-11-8(4-2-5-9(11)12)10-6-3-7-13-10/h2,4-5,10,13H,3,6-7,12H2,1H3/t10-/m1/s1. The van der Waals surface area contributed by atoms with Crippen molar-refractivity contribution in [3.63, 3.8) is 0 Å². The number of methoxy groups -OCH3 is 1. The number of nitrogens with two attached hydrogens (primary N) is 1. The number of nitrogen functional groups attached to an aromatic ring is 1. The molecule has 0 radical (unpaired) electrons. The van der Waals surface area contributed by atoms with Crippen LogP contribution >= 0.6 is 0 Å². The molecule has 1 heterocycles. The SMILES string of the molecule is COc1c(N)cccc1[C@H]1CCCN1. The van der Waals surface area contributed by atoms with E-state index in [0.717, 1.165) is 18.0 Å². The second-order valence-corrected chi connectivity index (χ2v) is 3.62. The zero-order chi connectivity index (χ0) is 9.97. The zero-order valence-corrected chi connectivity index (χ0v) is 8.42. The molecule has 1 aromatic carbocycles. The third kappa shape index (κ3) is 1.55. The maximum atomic E-state index is 5.85. The van der Waals surface area contributed by atoms with Crippen molar-refractivity contribution in [3.8, 4) is 5.75 Å². The van der Waals surface area contributed by atoms with Crippen LogP contribution in [0.2, 0.25) is 0 Å². The number of ether oxygens (including phenoxy) is 1. The molecule has 1 saturated heterocycles. The van der Waals surface area contributed by atoms with Crippen molar-refractivity contribution in [2.45, 2.75) is 18.9 Å². The second kappa shape index (κ2) is 3.88. The van der Waals surface area contributed by atoms with E-state index < -0.39 is 0 Å². The molecule has 3 N–H and O–H groups in total. The monoisotopic (exact) mass is 192 g/mol. The molecule has 0 bridgehead atoms. The van der Waals surface area contributed by atoms with Crippen LogP contribution in [0.15, 0.2) is 18.2 Å². The Morgan fingerprint density at radius 3 is 3.00 bits per heavy atom. The van der Waals surface area contributed by atoms with Gasteiger partial charge in [-0.25, -0.2) is 0 Å². The first-order valence-electron chi connectivity index (χ1n) is 4.98. The summed E-state index contributed by atoms with van der Waals surface area (Å²) < 4.78 is 5.32. The largest absolute Gasteiger partial charge is 0.494 e. The molecule has 1 aromatic rings. The lowest BCUT2D eigenvalue weighted by Gasteiger charge is -2.16. The minimum atomic E-state index is 0.411. The van der Waals surface area contributed by atoms with Crippen molar-refractivity contribution in [3.05, 3.63) is 23.8 Å². The molecule has 0 unspecified atom stereocenters. The lowest BCUT2D eigenvalue weighted by atomic mass is 10.0. The molecule has 1 fully saturated rings. The van der Waals surface area contributed by atoms with Gasteiger partial charge in [-0.2, -0.15) is 0 Å². The molecule has 3 nitrogen and oxygen atoms in total. The fourth-order valence-corrected chi connectivity index (χ4v) is 2.03. The molecule has 14 heavy (non-hydrogen) atoms. The van der Waals surface area contributed by atoms with Crippen LogP contribution in [0.4, 0.5) is 5.69 Å². The summed E-state index contributed by atoms with van der Waals surface area (Å²) >= 11 is 0. The highest BCUT2D eigenvalue weighted by molar-refractivity contribution is 5.57. The first kappa shape index (κ1) is 9.34. The summed E-state index contributed by atoms with van der Waals surface area (Å²) in [4.78, 5) is 0. The third-order valence-corrected chi connectivity index (χ3v) is 2.72. The van der Waals surface area contributed by atoms with E-state index in [1.54, 1.807) is 7.11 Å². The Bertz CT molecular complexity index is 319. The van der Waals surface area contributed by atoms with E-state index >= 15 is 0 Å². The van der Waals surface area contributed by atoms with Gasteiger partial charge in [0.25, 0.3) is 0 Å². The van der Waals surface area contributed by atoms with Gasteiger partial charge in [0, 0.05) is 11.6 Å². The summed E-state index contributed by atoms with van der Waals surface area (Å²) in [7, 11) is 1.67. The Morgan fingerprint density at radius 2 is 2.36 bits per heavy atom. The molecular formula is C11H16N2O. The van der Waals surface area contributed by atoms with Gasteiger partial charge in [-0.1, -0.05) is 12.1 Å². The van der Waals surface area contributed by atoms with Gasteiger partial charge in [-0.3, -0.25) is 0 Å². The van der Waals surface area contributed by atoms with Crippen LogP contribution in [0, 0.1) is 0 Å². The number of hydrogen-bond acceptors (Lipinski definition) is 3. The predicted molar refractivity (Wildman–Crippen MR) is 57.4 cm³/mol. The number of para-hydroxylation sites is 1. The summed E-state index contributed by atoms with van der Waals surface area (Å²) in [5.41, 5.74) is 7.75. The number of benzene rings is 1. The molecule has 1 aliphatic rings. The van der Waals surface area contributed by atoms with Crippen molar-refractivity contribution >= 4 is 5.69 Å². The number of rotatable bonds is 2. The van der Waals surface area contributed by atoms with Crippen LogP contribution in [0.3, 0.4) is 0 Å². The van der Waals surface area contributed by atoms with Gasteiger partial charge < -0.3 is 15.8 Å². The molecule has 0 spiro atoms. The van der Waals surface area contributed by atoms with Crippen molar-refractivity contribution in [1.82, 2.24) is 5.32 Å². The Hall–Kier alpha value is -1.22. The third-order valence-electron chi connectivity index (χ3n) is 2.72. The average molecular weight is 192 g/mol. The van der Waals surface area contributed by atoms with Crippen LogP contribution in [0.1, 0.15) is 24.4 Å². The smallest absolute Gasteiger partial charge is 0.146 e. The van der Waals surface area contributed by atoms with Gasteiger partial charge >= 0.3 is 0 Å². The quantitative estimate of drug-likeness (QED) is 0.701. The van der Waals surface area contributed by atoms with Crippen molar-refractivity contribution < 1.29 is 4.74 Å². The normalized spacial score (nSPS) is 21.1. The first-order valence-corrected chi connectivity index (χ1v) is 4.98. The van der Waals surface area contributed by atoms with Gasteiger partial charge in [0.1, 0.15) is 5.75 Å². The zero-order valence-electron chi connectivity index (χ0n) is 8.42. The van der Waals surface area contributed by atoms with Crippen LogP contribution in [0.5, 0.6) is 5.75 Å². The molecule has 1 aliphatic heterocycles. The first-order chi connectivity index (χ1) is 6.83. The van der Waals surface area contributed by atoms with Crippen LogP contribution in [0.25, 0.3) is 0 Å². The molecular weight excluding hydrogens is 176 g/mol. The second-order valence-electron chi connectivity index (χ2n) is 3.62. The minimum absolute atomic E-state index is 0.411. The number of hydrogen-bond donors (Lipinski definition) is 2. The van der Waals surface area contributed by atoms with Crippen molar-refractivity contribution in [2.75, 3.05) is 19.4 Å². The Kier molecular flexibility index (Phi) is 2.59.